The van der Waals surface area contributed by atoms with Crippen LogP contribution in [-0.2, 0) is 0 Å². The number of hydrogen-bond acceptors (Lipinski definition) is 2. The molecule has 1 fully saturated rings. The van der Waals surface area contributed by atoms with Gasteiger partial charge in [0.2, 0.25) is 0 Å². The third-order valence-corrected chi connectivity index (χ3v) is 2.56. The Labute approximate surface area is 87.1 Å². The number of benzene rings is 1. The number of anilines is 1. The minimum atomic E-state index is -0.965. The van der Waals surface area contributed by atoms with Crippen molar-refractivity contribution in [2.45, 2.75) is 13.1 Å². The molecule has 0 aromatic heterocycles. The molecule has 0 amide bonds. The van der Waals surface area contributed by atoms with Crippen molar-refractivity contribution in [3.8, 4) is 0 Å². The lowest BCUT2D eigenvalue weighted by Gasteiger charge is -2.37. The fourth-order valence-electron chi connectivity index (χ4n) is 1.71. The van der Waals surface area contributed by atoms with Gasteiger partial charge in [0.25, 0.3) is 0 Å². The Kier molecular flexibility index (Phi) is 2.34. The van der Waals surface area contributed by atoms with E-state index in [1.165, 1.54) is 0 Å². The molecule has 1 saturated heterocycles. The van der Waals surface area contributed by atoms with Crippen molar-refractivity contribution in [3.63, 3.8) is 0 Å². The summed E-state index contributed by atoms with van der Waals surface area (Å²) in [6, 6.07) is 5.10. The molecule has 3 nitrogen and oxygen atoms in total. The van der Waals surface area contributed by atoms with E-state index in [1.807, 2.05) is 6.92 Å². The van der Waals surface area contributed by atoms with Crippen LogP contribution in [0.3, 0.4) is 0 Å². The number of aryl methyl sites for hydroxylation is 1. The predicted octanol–water partition coefficient (Wildman–Crippen LogP) is 1.85. The fraction of sp³-hybridized carbons (Fsp3) is 0.364. The second-order valence-electron chi connectivity index (χ2n) is 3.83. The van der Waals surface area contributed by atoms with Crippen molar-refractivity contribution < 1.29 is 14.3 Å². The SMILES string of the molecule is Cc1ccc(C(=O)O)c(N2CC(F)C2)c1. The number of hydrogen-bond donors (Lipinski definition) is 1. The van der Waals surface area contributed by atoms with E-state index in [0.29, 0.717) is 18.8 Å². The highest BCUT2D eigenvalue weighted by atomic mass is 19.1. The van der Waals surface area contributed by atoms with Crippen LogP contribution in [0, 0.1) is 6.92 Å². The molecule has 0 bridgehead atoms. The van der Waals surface area contributed by atoms with Crippen molar-refractivity contribution >= 4 is 11.7 Å². The molecule has 0 unspecified atom stereocenters. The van der Waals surface area contributed by atoms with E-state index >= 15 is 0 Å². The highest BCUT2D eigenvalue weighted by molar-refractivity contribution is 5.94. The normalized spacial score (nSPS) is 16.3. The first kappa shape index (κ1) is 9.96. The summed E-state index contributed by atoms with van der Waals surface area (Å²) in [5.41, 5.74) is 1.85. The molecule has 0 aliphatic carbocycles. The number of alkyl halides is 1. The maximum absolute atomic E-state index is 12.7. The molecule has 2 rings (SSSR count). The third-order valence-electron chi connectivity index (χ3n) is 2.56. The number of halogens is 1. The number of nitrogens with zero attached hydrogens (tertiary/aromatic N) is 1. The molecule has 1 N–H and O–H groups in total. The zero-order valence-electron chi connectivity index (χ0n) is 8.40. The van der Waals surface area contributed by atoms with Crippen LogP contribution < -0.4 is 4.90 Å². The Morgan fingerprint density at radius 2 is 2.20 bits per heavy atom. The van der Waals surface area contributed by atoms with Gasteiger partial charge in [-0.3, -0.25) is 0 Å². The van der Waals surface area contributed by atoms with Crippen molar-refractivity contribution in [3.05, 3.63) is 29.3 Å². The van der Waals surface area contributed by atoms with Crippen LogP contribution in [0.2, 0.25) is 0 Å². The van der Waals surface area contributed by atoms with Crippen LogP contribution in [0.15, 0.2) is 18.2 Å². The summed E-state index contributed by atoms with van der Waals surface area (Å²) in [6.07, 6.45) is -0.827. The van der Waals surface area contributed by atoms with Gasteiger partial charge in [-0.25, -0.2) is 9.18 Å². The van der Waals surface area contributed by atoms with Gasteiger partial charge in [-0.1, -0.05) is 6.07 Å². The Balaban J connectivity index is 2.35. The lowest BCUT2D eigenvalue weighted by atomic mass is 10.0. The van der Waals surface area contributed by atoms with E-state index in [-0.39, 0.29) is 5.56 Å². The van der Waals surface area contributed by atoms with Gasteiger partial charge in [0.15, 0.2) is 0 Å². The van der Waals surface area contributed by atoms with Gasteiger partial charge in [-0.05, 0) is 24.6 Å². The molecule has 4 heteroatoms. The topological polar surface area (TPSA) is 40.5 Å². The molecule has 0 radical (unpaired) electrons. The maximum atomic E-state index is 12.7. The van der Waals surface area contributed by atoms with Crippen molar-refractivity contribution in [1.82, 2.24) is 0 Å². The standard InChI is InChI=1S/C11H12FNO2/c1-7-2-3-9(11(14)15)10(4-7)13-5-8(12)6-13/h2-4,8H,5-6H2,1H3,(H,14,15). The van der Waals surface area contributed by atoms with Crippen LogP contribution in [-0.4, -0.2) is 30.3 Å². The van der Waals surface area contributed by atoms with Gasteiger partial charge in [0, 0.05) is 0 Å². The molecule has 0 atom stereocenters. The first-order valence-electron chi connectivity index (χ1n) is 4.81. The number of aromatic carboxylic acids is 1. The zero-order valence-corrected chi connectivity index (χ0v) is 8.40. The molecule has 1 heterocycles. The Hall–Kier alpha value is -1.58. The first-order valence-corrected chi connectivity index (χ1v) is 4.81. The number of carboxylic acids is 1. The van der Waals surface area contributed by atoms with Crippen LogP contribution in [0.5, 0.6) is 0 Å². The Morgan fingerprint density at radius 3 is 2.73 bits per heavy atom. The average Bonchev–Trinajstić information content (AvgIpc) is 2.12. The van der Waals surface area contributed by atoms with Gasteiger partial charge < -0.3 is 10.0 Å². The minimum absolute atomic E-state index is 0.243. The Morgan fingerprint density at radius 1 is 1.53 bits per heavy atom. The quantitative estimate of drug-likeness (QED) is 0.808. The van der Waals surface area contributed by atoms with E-state index in [2.05, 4.69) is 0 Å². The highest BCUT2D eigenvalue weighted by Crippen LogP contribution is 2.27. The molecular weight excluding hydrogens is 197 g/mol. The first-order chi connectivity index (χ1) is 7.08. The Bertz CT molecular complexity index is 400. The number of carboxylic acid groups (broad SMARTS) is 1. The third kappa shape index (κ3) is 1.79. The molecule has 1 aromatic rings. The summed E-state index contributed by atoms with van der Waals surface area (Å²) < 4.78 is 12.7. The van der Waals surface area contributed by atoms with E-state index in [4.69, 9.17) is 5.11 Å². The average molecular weight is 209 g/mol. The molecule has 0 spiro atoms. The molecule has 80 valence electrons. The summed E-state index contributed by atoms with van der Waals surface area (Å²) in [6.45, 7) is 2.48. The summed E-state index contributed by atoms with van der Waals surface area (Å²) in [5.74, 6) is -0.965. The summed E-state index contributed by atoms with van der Waals surface area (Å²) in [4.78, 5) is 12.7. The van der Waals surface area contributed by atoms with Crippen LogP contribution in [0.4, 0.5) is 10.1 Å². The predicted molar refractivity (Wildman–Crippen MR) is 55.2 cm³/mol. The lowest BCUT2D eigenvalue weighted by molar-refractivity contribution is 0.0697. The van der Waals surface area contributed by atoms with Crippen LogP contribution in [0.1, 0.15) is 15.9 Å². The van der Waals surface area contributed by atoms with Gasteiger partial charge in [-0.15, -0.1) is 0 Å². The highest BCUT2D eigenvalue weighted by Gasteiger charge is 2.29. The summed E-state index contributed by atoms with van der Waals surface area (Å²) in [5, 5.41) is 8.97. The second-order valence-corrected chi connectivity index (χ2v) is 3.83. The summed E-state index contributed by atoms with van der Waals surface area (Å²) in [7, 11) is 0. The largest absolute Gasteiger partial charge is 0.478 e. The van der Waals surface area contributed by atoms with E-state index in [9.17, 15) is 9.18 Å². The molecule has 1 aliphatic rings. The molecular formula is C11H12FNO2. The van der Waals surface area contributed by atoms with Crippen LogP contribution >= 0.6 is 0 Å². The molecule has 1 aliphatic heterocycles. The van der Waals surface area contributed by atoms with E-state index < -0.39 is 12.1 Å². The maximum Gasteiger partial charge on any atom is 0.337 e. The lowest BCUT2D eigenvalue weighted by Crippen LogP contribution is -2.49. The molecule has 15 heavy (non-hydrogen) atoms. The molecule has 1 aromatic carbocycles. The van der Waals surface area contributed by atoms with Gasteiger partial charge in [-0.2, -0.15) is 0 Å². The molecule has 0 saturated carbocycles. The van der Waals surface area contributed by atoms with Crippen molar-refractivity contribution in [1.29, 1.82) is 0 Å². The smallest absolute Gasteiger partial charge is 0.337 e. The van der Waals surface area contributed by atoms with Crippen LogP contribution in [0.25, 0.3) is 0 Å². The van der Waals surface area contributed by atoms with Gasteiger partial charge >= 0.3 is 5.97 Å². The van der Waals surface area contributed by atoms with E-state index in [0.717, 1.165) is 5.56 Å². The van der Waals surface area contributed by atoms with Gasteiger partial charge in [0.1, 0.15) is 6.17 Å². The summed E-state index contributed by atoms with van der Waals surface area (Å²) >= 11 is 0. The van der Waals surface area contributed by atoms with Gasteiger partial charge in [0.05, 0.1) is 24.3 Å². The van der Waals surface area contributed by atoms with E-state index in [1.54, 1.807) is 23.1 Å². The zero-order chi connectivity index (χ0) is 11.0. The number of carbonyl (C=O) groups is 1. The van der Waals surface area contributed by atoms with Crippen molar-refractivity contribution in [2.24, 2.45) is 0 Å². The van der Waals surface area contributed by atoms with Crippen molar-refractivity contribution in [2.75, 3.05) is 18.0 Å². The monoisotopic (exact) mass is 209 g/mol. The number of rotatable bonds is 2. The minimum Gasteiger partial charge on any atom is -0.478 e. The fourth-order valence-corrected chi connectivity index (χ4v) is 1.71. The second kappa shape index (κ2) is 3.53.